The van der Waals surface area contributed by atoms with Crippen molar-refractivity contribution >= 4 is 50.5 Å². The van der Waals surface area contributed by atoms with Crippen molar-refractivity contribution in [2.24, 2.45) is 0 Å². The molecule has 1 aromatic carbocycles. The summed E-state index contributed by atoms with van der Waals surface area (Å²) in [6, 6.07) is 5.49. The summed E-state index contributed by atoms with van der Waals surface area (Å²) in [6.07, 6.45) is 0.420. The van der Waals surface area contributed by atoms with Crippen LogP contribution >= 0.6 is 27.7 Å². The van der Waals surface area contributed by atoms with Crippen LogP contribution in [0, 0.1) is 6.92 Å². The van der Waals surface area contributed by atoms with Gasteiger partial charge in [0.05, 0.1) is 0 Å². The zero-order valence-electron chi connectivity index (χ0n) is 11.8. The smallest absolute Gasteiger partial charge is 0.330 e. The van der Waals surface area contributed by atoms with Crippen LogP contribution in [-0.2, 0) is 4.79 Å². The van der Waals surface area contributed by atoms with Gasteiger partial charge in [-0.25, -0.2) is 4.79 Å². The molecule has 2 heterocycles. The van der Waals surface area contributed by atoms with Crippen LogP contribution in [0.4, 0.5) is 0 Å². The average Bonchev–Trinajstić information content (AvgIpc) is 3.06. The molecule has 7 heteroatoms. The molecule has 1 amide bonds. The number of amides is 1. The molecule has 1 aliphatic heterocycles. The standard InChI is InChI=1S/C15H14BrNO4S/c1-8-10-6-9(16)2-3-11(10)21-12(8)13(18)17-15(14(19)20)4-5-22-7-15/h2-3,6H,4-5,7H2,1H3,(H,17,18)(H,19,20). The fourth-order valence-electron chi connectivity index (χ4n) is 2.57. The average molecular weight is 384 g/mol. The summed E-state index contributed by atoms with van der Waals surface area (Å²) in [5, 5.41) is 12.9. The van der Waals surface area contributed by atoms with E-state index in [1.54, 1.807) is 13.0 Å². The maximum absolute atomic E-state index is 12.5. The number of nitrogens with one attached hydrogen (secondary N) is 1. The van der Waals surface area contributed by atoms with E-state index < -0.39 is 17.4 Å². The summed E-state index contributed by atoms with van der Waals surface area (Å²) in [5.41, 5.74) is 0.115. The highest BCUT2D eigenvalue weighted by Gasteiger charge is 2.44. The molecule has 0 aliphatic carbocycles. The largest absolute Gasteiger partial charge is 0.479 e. The van der Waals surface area contributed by atoms with Crippen LogP contribution in [0.25, 0.3) is 11.0 Å². The number of aryl methyl sites for hydroxylation is 1. The molecule has 1 aromatic heterocycles. The van der Waals surface area contributed by atoms with Crippen molar-refractivity contribution in [2.45, 2.75) is 18.9 Å². The number of thioether (sulfide) groups is 1. The number of rotatable bonds is 3. The Morgan fingerprint density at radius 2 is 2.23 bits per heavy atom. The van der Waals surface area contributed by atoms with Crippen molar-refractivity contribution in [3.8, 4) is 0 Å². The van der Waals surface area contributed by atoms with E-state index in [0.29, 0.717) is 23.3 Å². The molecule has 1 saturated heterocycles. The Kier molecular flexibility index (Phi) is 3.94. The highest BCUT2D eigenvalue weighted by Crippen LogP contribution is 2.31. The molecule has 2 aromatic rings. The minimum atomic E-state index is -1.20. The van der Waals surface area contributed by atoms with Crippen molar-refractivity contribution in [3.05, 3.63) is 34.0 Å². The third-order valence-electron chi connectivity index (χ3n) is 3.89. The SMILES string of the molecule is Cc1c(C(=O)NC2(C(=O)O)CCSC2)oc2ccc(Br)cc12. The number of hydrogen-bond acceptors (Lipinski definition) is 4. The first-order chi connectivity index (χ1) is 10.4. The van der Waals surface area contributed by atoms with Gasteiger partial charge in [-0.3, -0.25) is 4.79 Å². The lowest BCUT2D eigenvalue weighted by Crippen LogP contribution is -2.54. The minimum absolute atomic E-state index is 0.172. The first-order valence-electron chi connectivity index (χ1n) is 6.75. The molecular formula is C15H14BrNO4S. The highest BCUT2D eigenvalue weighted by molar-refractivity contribution is 9.10. The number of carbonyl (C=O) groups excluding carboxylic acids is 1. The van der Waals surface area contributed by atoms with Crippen molar-refractivity contribution < 1.29 is 19.1 Å². The number of aliphatic carboxylic acids is 1. The van der Waals surface area contributed by atoms with Crippen LogP contribution in [0.1, 0.15) is 22.5 Å². The topological polar surface area (TPSA) is 79.5 Å². The van der Waals surface area contributed by atoms with Crippen LogP contribution in [0.5, 0.6) is 0 Å². The Labute approximate surface area is 139 Å². The molecule has 0 radical (unpaired) electrons. The van der Waals surface area contributed by atoms with Gasteiger partial charge in [0.2, 0.25) is 0 Å². The molecule has 1 unspecified atom stereocenters. The van der Waals surface area contributed by atoms with E-state index >= 15 is 0 Å². The van der Waals surface area contributed by atoms with Crippen LogP contribution < -0.4 is 5.32 Å². The summed E-state index contributed by atoms with van der Waals surface area (Å²) in [6.45, 7) is 1.80. The van der Waals surface area contributed by atoms with Gasteiger partial charge in [0.25, 0.3) is 5.91 Å². The first kappa shape index (κ1) is 15.4. The molecule has 1 fully saturated rings. The van der Waals surface area contributed by atoms with Gasteiger partial charge in [-0.15, -0.1) is 0 Å². The number of halogens is 1. The second-order valence-electron chi connectivity index (χ2n) is 5.34. The summed E-state index contributed by atoms with van der Waals surface area (Å²) in [4.78, 5) is 24.0. The molecule has 2 N–H and O–H groups in total. The van der Waals surface area contributed by atoms with Crippen molar-refractivity contribution in [2.75, 3.05) is 11.5 Å². The van der Waals surface area contributed by atoms with E-state index in [-0.39, 0.29) is 5.76 Å². The van der Waals surface area contributed by atoms with Gasteiger partial charge >= 0.3 is 5.97 Å². The molecule has 5 nitrogen and oxygen atoms in total. The Hall–Kier alpha value is -1.47. The first-order valence-corrected chi connectivity index (χ1v) is 8.70. The van der Waals surface area contributed by atoms with Crippen LogP contribution in [0.3, 0.4) is 0 Å². The molecule has 3 rings (SSSR count). The van der Waals surface area contributed by atoms with Gasteiger partial charge in [-0.05, 0) is 37.3 Å². The van der Waals surface area contributed by atoms with Gasteiger partial charge in [0, 0.05) is 21.2 Å². The molecule has 1 aliphatic rings. The number of carboxylic acid groups (broad SMARTS) is 1. The number of hydrogen-bond donors (Lipinski definition) is 2. The monoisotopic (exact) mass is 383 g/mol. The molecule has 116 valence electrons. The lowest BCUT2D eigenvalue weighted by atomic mass is 9.99. The second kappa shape index (κ2) is 5.62. The maximum atomic E-state index is 12.5. The quantitative estimate of drug-likeness (QED) is 0.850. The number of furan rings is 1. The molecule has 1 atom stereocenters. The van der Waals surface area contributed by atoms with Crippen LogP contribution in [-0.4, -0.2) is 34.0 Å². The lowest BCUT2D eigenvalue weighted by Gasteiger charge is -2.24. The highest BCUT2D eigenvalue weighted by atomic mass is 79.9. The Balaban J connectivity index is 1.95. The second-order valence-corrected chi connectivity index (χ2v) is 7.36. The third-order valence-corrected chi connectivity index (χ3v) is 5.57. The lowest BCUT2D eigenvalue weighted by molar-refractivity contribution is -0.143. The number of carbonyl (C=O) groups is 2. The van der Waals surface area contributed by atoms with Crippen molar-refractivity contribution in [1.82, 2.24) is 5.32 Å². The number of fused-ring (bicyclic) bond motifs is 1. The van der Waals surface area contributed by atoms with E-state index in [9.17, 15) is 14.7 Å². The summed E-state index contributed by atoms with van der Waals surface area (Å²) < 4.78 is 6.51. The Morgan fingerprint density at radius 3 is 2.86 bits per heavy atom. The zero-order valence-corrected chi connectivity index (χ0v) is 14.2. The fraction of sp³-hybridized carbons (Fsp3) is 0.333. The van der Waals surface area contributed by atoms with Gasteiger partial charge in [0.15, 0.2) is 5.76 Å². The number of benzene rings is 1. The molecular weight excluding hydrogens is 370 g/mol. The predicted octanol–water partition coefficient (Wildman–Crippen LogP) is 3.19. The number of carboxylic acids is 1. The summed E-state index contributed by atoms with van der Waals surface area (Å²) in [5.74, 6) is -0.208. The van der Waals surface area contributed by atoms with Crippen LogP contribution in [0.15, 0.2) is 27.1 Å². The van der Waals surface area contributed by atoms with E-state index in [4.69, 9.17) is 4.42 Å². The third kappa shape index (κ3) is 2.52. The normalized spacial score (nSPS) is 21.2. The van der Waals surface area contributed by atoms with Crippen LogP contribution in [0.2, 0.25) is 0 Å². The maximum Gasteiger partial charge on any atom is 0.330 e. The predicted molar refractivity (Wildman–Crippen MR) is 88.4 cm³/mol. The zero-order chi connectivity index (χ0) is 15.9. The molecule has 0 spiro atoms. The molecule has 0 saturated carbocycles. The molecule has 0 bridgehead atoms. The van der Waals surface area contributed by atoms with Crippen molar-refractivity contribution in [3.63, 3.8) is 0 Å². The minimum Gasteiger partial charge on any atom is -0.479 e. The van der Waals surface area contributed by atoms with Gasteiger partial charge < -0.3 is 14.8 Å². The summed E-state index contributed by atoms with van der Waals surface area (Å²) in [7, 11) is 0. The fourth-order valence-corrected chi connectivity index (χ4v) is 4.26. The van der Waals surface area contributed by atoms with E-state index in [2.05, 4.69) is 21.2 Å². The van der Waals surface area contributed by atoms with Gasteiger partial charge in [-0.2, -0.15) is 11.8 Å². The van der Waals surface area contributed by atoms with E-state index in [1.165, 1.54) is 11.8 Å². The van der Waals surface area contributed by atoms with Gasteiger partial charge in [-0.1, -0.05) is 15.9 Å². The van der Waals surface area contributed by atoms with E-state index in [1.807, 2.05) is 12.1 Å². The Bertz CT molecular complexity index is 764. The van der Waals surface area contributed by atoms with Crippen molar-refractivity contribution in [1.29, 1.82) is 0 Å². The van der Waals surface area contributed by atoms with Gasteiger partial charge in [0.1, 0.15) is 11.1 Å². The summed E-state index contributed by atoms with van der Waals surface area (Å²) >= 11 is 4.91. The molecule has 22 heavy (non-hydrogen) atoms. The Morgan fingerprint density at radius 1 is 1.45 bits per heavy atom. The van der Waals surface area contributed by atoms with E-state index in [0.717, 1.165) is 15.6 Å².